The lowest BCUT2D eigenvalue weighted by Crippen LogP contribution is -2.03. The SMILES string of the molecule is CCCOP(=O)(CCCCCO[P+](=O)O)OCCCCc1ccc2ccccc2c1. The highest BCUT2D eigenvalue weighted by Gasteiger charge is 2.23. The molecule has 0 spiro atoms. The largest absolute Gasteiger partial charge is 0.694 e. The van der Waals surface area contributed by atoms with Crippen LogP contribution in [0.5, 0.6) is 0 Å². The maximum atomic E-state index is 12.9. The van der Waals surface area contributed by atoms with Crippen LogP contribution in [0.3, 0.4) is 0 Å². The lowest BCUT2D eigenvalue weighted by molar-refractivity contribution is 0.200. The maximum Gasteiger partial charge on any atom is 0.694 e. The Balaban J connectivity index is 1.69. The average molecular weight is 455 g/mol. The van der Waals surface area contributed by atoms with Gasteiger partial charge in [-0.2, -0.15) is 0 Å². The molecule has 0 aliphatic carbocycles. The van der Waals surface area contributed by atoms with Crippen molar-refractivity contribution in [3.8, 4) is 0 Å². The van der Waals surface area contributed by atoms with Gasteiger partial charge in [-0.25, -0.2) is 0 Å². The van der Waals surface area contributed by atoms with Crippen LogP contribution in [0, 0.1) is 0 Å². The number of aryl methyl sites for hydroxylation is 1. The first-order chi connectivity index (χ1) is 14.5. The van der Waals surface area contributed by atoms with Crippen molar-refractivity contribution in [3.05, 3.63) is 48.0 Å². The molecule has 30 heavy (non-hydrogen) atoms. The van der Waals surface area contributed by atoms with Crippen LogP contribution >= 0.6 is 15.9 Å². The molecule has 8 heteroatoms. The van der Waals surface area contributed by atoms with Crippen molar-refractivity contribution >= 4 is 26.6 Å². The zero-order valence-corrected chi connectivity index (χ0v) is 19.5. The minimum absolute atomic E-state index is 0.224. The minimum atomic E-state index is -3.10. The van der Waals surface area contributed by atoms with Gasteiger partial charge in [0.05, 0.1) is 19.4 Å². The molecule has 0 saturated heterocycles. The molecule has 0 heterocycles. The van der Waals surface area contributed by atoms with E-state index in [0.717, 1.165) is 32.1 Å². The van der Waals surface area contributed by atoms with Gasteiger partial charge in [-0.1, -0.05) is 55.8 Å². The van der Waals surface area contributed by atoms with Crippen molar-refractivity contribution in [1.29, 1.82) is 0 Å². The van der Waals surface area contributed by atoms with Crippen molar-refractivity contribution < 1.29 is 27.6 Å². The molecule has 0 saturated carbocycles. The molecule has 0 aliphatic heterocycles. The second kappa shape index (κ2) is 14.0. The van der Waals surface area contributed by atoms with Crippen LogP contribution in [0.15, 0.2) is 42.5 Å². The quantitative estimate of drug-likeness (QED) is 0.226. The standard InChI is InChI=1S/C22H32O6P2/c1-2-15-27-30(25,18-9-3-7-16-26-29(23)24)28-17-8-6-10-20-13-14-21-11-4-5-12-22(21)19-20/h4-5,11-14,19H,2-3,6-10,15-18H2,1H3/p+1. The van der Waals surface area contributed by atoms with Crippen molar-refractivity contribution in [2.45, 2.75) is 51.9 Å². The molecule has 0 radical (unpaired) electrons. The third-order valence-corrected chi connectivity index (χ3v) is 7.15. The summed E-state index contributed by atoms with van der Waals surface area (Å²) in [4.78, 5) is 8.60. The Hall–Kier alpha value is -1.13. The molecule has 2 unspecified atom stereocenters. The molecule has 0 aliphatic rings. The van der Waals surface area contributed by atoms with Crippen LogP contribution in [-0.2, 0) is 29.1 Å². The molecule has 2 aromatic rings. The van der Waals surface area contributed by atoms with Crippen LogP contribution in [0.4, 0.5) is 0 Å². The first-order valence-corrected chi connectivity index (χ1v) is 13.5. The molecule has 0 amide bonds. The first-order valence-electron chi connectivity index (χ1n) is 10.7. The highest BCUT2D eigenvalue weighted by molar-refractivity contribution is 7.53. The van der Waals surface area contributed by atoms with E-state index < -0.39 is 15.9 Å². The van der Waals surface area contributed by atoms with Crippen LogP contribution in [0.25, 0.3) is 10.8 Å². The van der Waals surface area contributed by atoms with Gasteiger partial charge in [0, 0.05) is 4.57 Å². The second-order valence-corrected chi connectivity index (χ2v) is 10.2. The van der Waals surface area contributed by atoms with Crippen molar-refractivity contribution in [2.75, 3.05) is 26.0 Å². The molecule has 0 bridgehead atoms. The monoisotopic (exact) mass is 455 g/mol. The van der Waals surface area contributed by atoms with Crippen molar-refractivity contribution in [1.82, 2.24) is 0 Å². The summed E-state index contributed by atoms with van der Waals surface area (Å²) in [6.07, 6.45) is 5.95. The first kappa shape index (κ1) is 25.1. The average Bonchev–Trinajstić information content (AvgIpc) is 2.74. The number of benzene rings is 2. The fourth-order valence-corrected chi connectivity index (χ4v) is 5.25. The third kappa shape index (κ3) is 9.78. The van der Waals surface area contributed by atoms with Gasteiger partial charge in [0.1, 0.15) is 6.61 Å². The summed E-state index contributed by atoms with van der Waals surface area (Å²) < 4.78 is 39.3. The Morgan fingerprint density at radius 2 is 1.63 bits per heavy atom. The van der Waals surface area contributed by atoms with E-state index in [0.29, 0.717) is 32.2 Å². The third-order valence-electron chi connectivity index (χ3n) is 4.73. The van der Waals surface area contributed by atoms with Gasteiger partial charge in [-0.3, -0.25) is 4.57 Å². The summed E-state index contributed by atoms with van der Waals surface area (Å²) >= 11 is 0. The van der Waals surface area contributed by atoms with Crippen LogP contribution < -0.4 is 0 Å². The van der Waals surface area contributed by atoms with Crippen LogP contribution in [-0.4, -0.2) is 30.9 Å². The predicted molar refractivity (Wildman–Crippen MR) is 121 cm³/mol. The normalized spacial score (nSPS) is 14.0. The van der Waals surface area contributed by atoms with Gasteiger partial charge in [0.2, 0.25) is 0 Å². The van der Waals surface area contributed by atoms with E-state index in [9.17, 15) is 9.13 Å². The van der Waals surface area contributed by atoms with Gasteiger partial charge >= 0.3 is 15.9 Å². The summed E-state index contributed by atoms with van der Waals surface area (Å²) in [5.41, 5.74) is 1.30. The van der Waals surface area contributed by atoms with Gasteiger partial charge in [-0.05, 0) is 54.9 Å². The molecule has 0 fully saturated rings. The zero-order chi connectivity index (χ0) is 21.7. The fraction of sp³-hybridized carbons (Fsp3) is 0.545. The number of unbranched alkanes of at least 4 members (excludes halogenated alkanes) is 3. The van der Waals surface area contributed by atoms with E-state index in [1.165, 1.54) is 16.3 Å². The van der Waals surface area contributed by atoms with E-state index >= 15 is 0 Å². The van der Waals surface area contributed by atoms with Gasteiger partial charge in [-0.15, -0.1) is 9.42 Å². The Labute approximate surface area is 180 Å². The Morgan fingerprint density at radius 3 is 2.40 bits per heavy atom. The molecule has 6 nitrogen and oxygen atoms in total. The Morgan fingerprint density at radius 1 is 0.900 bits per heavy atom. The maximum absolute atomic E-state index is 12.9. The summed E-state index contributed by atoms with van der Waals surface area (Å²) in [7, 11) is -5.64. The molecule has 0 aromatic heterocycles. The van der Waals surface area contributed by atoms with E-state index in [2.05, 4.69) is 40.9 Å². The number of hydrogen-bond acceptors (Lipinski definition) is 5. The Kier molecular flexibility index (Phi) is 11.8. The summed E-state index contributed by atoms with van der Waals surface area (Å²) in [6.45, 7) is 3.04. The summed E-state index contributed by atoms with van der Waals surface area (Å²) in [5, 5.41) is 2.50. The molecular formula is C22H33O6P2+. The summed E-state index contributed by atoms with van der Waals surface area (Å²) in [5.74, 6) is 0. The highest BCUT2D eigenvalue weighted by atomic mass is 31.2. The number of hydrogen-bond donors (Lipinski definition) is 1. The topological polar surface area (TPSA) is 82.1 Å². The molecule has 2 aromatic carbocycles. The zero-order valence-electron chi connectivity index (χ0n) is 17.7. The smallest absolute Gasteiger partial charge is 0.309 e. The molecule has 1 N–H and O–H groups in total. The molecule has 2 rings (SSSR count). The van der Waals surface area contributed by atoms with Crippen LogP contribution in [0.2, 0.25) is 0 Å². The van der Waals surface area contributed by atoms with E-state index in [-0.39, 0.29) is 6.61 Å². The van der Waals surface area contributed by atoms with E-state index in [4.69, 9.17) is 13.9 Å². The van der Waals surface area contributed by atoms with Crippen molar-refractivity contribution in [3.63, 3.8) is 0 Å². The molecule has 2 atom stereocenters. The number of fused-ring (bicyclic) bond motifs is 1. The summed E-state index contributed by atoms with van der Waals surface area (Å²) in [6, 6.07) is 14.9. The second-order valence-electron chi connectivity index (χ2n) is 7.27. The van der Waals surface area contributed by atoms with Gasteiger partial charge in [0.15, 0.2) is 0 Å². The van der Waals surface area contributed by atoms with E-state index in [1.807, 2.05) is 13.0 Å². The predicted octanol–water partition coefficient (Wildman–Crippen LogP) is 6.64. The molecular weight excluding hydrogens is 422 g/mol. The fourth-order valence-electron chi connectivity index (χ4n) is 3.15. The van der Waals surface area contributed by atoms with Gasteiger partial charge < -0.3 is 9.05 Å². The van der Waals surface area contributed by atoms with E-state index in [1.54, 1.807) is 0 Å². The van der Waals surface area contributed by atoms with Gasteiger partial charge in [0.25, 0.3) is 0 Å². The van der Waals surface area contributed by atoms with Crippen LogP contribution in [0.1, 0.15) is 51.0 Å². The highest BCUT2D eigenvalue weighted by Crippen LogP contribution is 2.49. The Bertz CT molecular complexity index is 826. The van der Waals surface area contributed by atoms with Crippen molar-refractivity contribution in [2.24, 2.45) is 0 Å². The lowest BCUT2D eigenvalue weighted by atomic mass is 10.0. The lowest BCUT2D eigenvalue weighted by Gasteiger charge is -2.18. The number of rotatable bonds is 16. The molecule has 166 valence electrons. The minimum Gasteiger partial charge on any atom is -0.309 e.